The molecule has 8 heteroatoms. The van der Waals surface area contributed by atoms with Crippen molar-refractivity contribution in [3.05, 3.63) is 65.6 Å². The maximum absolute atomic E-state index is 13.3. The number of hydrogen-bond donors (Lipinski definition) is 1. The molecule has 0 atom stereocenters. The summed E-state index contributed by atoms with van der Waals surface area (Å²) in [6.07, 6.45) is -3.37. The molecule has 27 heavy (non-hydrogen) atoms. The summed E-state index contributed by atoms with van der Waals surface area (Å²) in [7, 11) is 0. The molecule has 2 heterocycles. The fraction of sp³-hybridized carbons (Fsp3) is 0.263. The van der Waals surface area contributed by atoms with Gasteiger partial charge in [-0.05, 0) is 43.7 Å². The number of nitrogens with one attached hydrogen (secondary N) is 1. The molecule has 142 valence electrons. The summed E-state index contributed by atoms with van der Waals surface area (Å²) in [5.41, 5.74) is -0.970. The first-order valence-electron chi connectivity index (χ1n) is 8.34. The van der Waals surface area contributed by atoms with Gasteiger partial charge < -0.3 is 10.1 Å². The van der Waals surface area contributed by atoms with Gasteiger partial charge in [0.15, 0.2) is 5.69 Å². The molecule has 3 aromatic rings. The van der Waals surface area contributed by atoms with E-state index in [9.17, 15) is 18.0 Å². The van der Waals surface area contributed by atoms with Crippen molar-refractivity contribution in [3.63, 3.8) is 0 Å². The summed E-state index contributed by atoms with van der Waals surface area (Å²) >= 11 is 0. The highest BCUT2D eigenvalue weighted by Crippen LogP contribution is 2.32. The fourth-order valence-corrected chi connectivity index (χ4v) is 2.68. The lowest BCUT2D eigenvalue weighted by Crippen LogP contribution is -2.27. The first-order chi connectivity index (χ1) is 12.8. The Morgan fingerprint density at radius 2 is 2.00 bits per heavy atom. The van der Waals surface area contributed by atoms with Gasteiger partial charge in [0.05, 0.1) is 6.10 Å². The van der Waals surface area contributed by atoms with Crippen molar-refractivity contribution >= 4 is 11.6 Å². The summed E-state index contributed by atoms with van der Waals surface area (Å²) in [5, 5.41) is 2.53. The van der Waals surface area contributed by atoms with Crippen LogP contribution in [0.1, 0.15) is 35.6 Å². The second-order valence-electron chi connectivity index (χ2n) is 6.23. The van der Waals surface area contributed by atoms with E-state index in [1.807, 2.05) is 13.8 Å². The van der Waals surface area contributed by atoms with Gasteiger partial charge in [-0.3, -0.25) is 9.20 Å². The summed E-state index contributed by atoms with van der Waals surface area (Å²) in [6, 6.07) is 11.5. The van der Waals surface area contributed by atoms with Crippen LogP contribution in [0.5, 0.6) is 5.75 Å². The molecular formula is C19H18F3N3O2. The van der Waals surface area contributed by atoms with E-state index in [1.54, 1.807) is 36.4 Å². The SMILES string of the molecule is CC(C)Oc1cccc(CNC(=O)c2c(C(F)(F)F)nc3ccccn23)c1. The maximum Gasteiger partial charge on any atom is 0.435 e. The number of halogens is 3. The van der Waals surface area contributed by atoms with E-state index in [-0.39, 0.29) is 18.3 Å². The van der Waals surface area contributed by atoms with Crippen molar-refractivity contribution in [2.45, 2.75) is 32.7 Å². The number of carbonyl (C=O) groups excluding carboxylic acids is 1. The first kappa shape index (κ1) is 18.8. The van der Waals surface area contributed by atoms with Crippen LogP contribution in [0.3, 0.4) is 0 Å². The van der Waals surface area contributed by atoms with E-state index in [2.05, 4.69) is 10.3 Å². The normalized spacial score (nSPS) is 11.8. The lowest BCUT2D eigenvalue weighted by atomic mass is 10.2. The number of amides is 1. The van der Waals surface area contributed by atoms with Gasteiger partial charge in [0.2, 0.25) is 0 Å². The number of hydrogen-bond acceptors (Lipinski definition) is 3. The molecule has 0 saturated heterocycles. The van der Waals surface area contributed by atoms with E-state index in [0.717, 1.165) is 4.40 Å². The topological polar surface area (TPSA) is 55.6 Å². The van der Waals surface area contributed by atoms with Crippen molar-refractivity contribution in [1.82, 2.24) is 14.7 Å². The monoisotopic (exact) mass is 377 g/mol. The van der Waals surface area contributed by atoms with Crippen LogP contribution in [0.2, 0.25) is 0 Å². The fourth-order valence-electron chi connectivity index (χ4n) is 2.68. The Morgan fingerprint density at radius 1 is 1.22 bits per heavy atom. The number of nitrogens with zero attached hydrogens (tertiary/aromatic N) is 2. The Labute approximate surface area is 153 Å². The molecule has 2 aromatic heterocycles. The highest BCUT2D eigenvalue weighted by molar-refractivity contribution is 5.94. The summed E-state index contributed by atoms with van der Waals surface area (Å²) in [5.74, 6) is -0.223. The summed E-state index contributed by atoms with van der Waals surface area (Å²) < 4.78 is 46.7. The maximum atomic E-state index is 13.3. The van der Waals surface area contributed by atoms with Crippen molar-refractivity contribution in [2.75, 3.05) is 0 Å². The zero-order valence-electron chi connectivity index (χ0n) is 14.7. The van der Waals surface area contributed by atoms with Crippen LogP contribution in [0.15, 0.2) is 48.7 Å². The molecule has 3 rings (SSSR count). The highest BCUT2D eigenvalue weighted by Gasteiger charge is 2.40. The number of alkyl halides is 3. The van der Waals surface area contributed by atoms with E-state index in [0.29, 0.717) is 11.3 Å². The Balaban J connectivity index is 1.85. The zero-order chi connectivity index (χ0) is 19.6. The van der Waals surface area contributed by atoms with Gasteiger partial charge >= 0.3 is 6.18 Å². The number of benzene rings is 1. The quantitative estimate of drug-likeness (QED) is 0.729. The van der Waals surface area contributed by atoms with Crippen LogP contribution < -0.4 is 10.1 Å². The Morgan fingerprint density at radius 3 is 2.70 bits per heavy atom. The Bertz CT molecular complexity index is 964. The van der Waals surface area contributed by atoms with Crippen LogP contribution in [-0.4, -0.2) is 21.4 Å². The van der Waals surface area contributed by atoms with Gasteiger partial charge in [0, 0.05) is 12.7 Å². The van der Waals surface area contributed by atoms with Crippen LogP contribution in [-0.2, 0) is 12.7 Å². The number of imidazole rings is 1. The molecule has 0 bridgehead atoms. The highest BCUT2D eigenvalue weighted by atomic mass is 19.4. The van der Waals surface area contributed by atoms with Crippen molar-refractivity contribution in [1.29, 1.82) is 0 Å². The number of ether oxygens (including phenoxy) is 1. The van der Waals surface area contributed by atoms with Gasteiger partial charge in [-0.2, -0.15) is 13.2 Å². The number of fused-ring (bicyclic) bond motifs is 1. The average Bonchev–Trinajstić information content (AvgIpc) is 2.99. The predicted molar refractivity (Wildman–Crippen MR) is 93.6 cm³/mol. The van der Waals surface area contributed by atoms with Gasteiger partial charge in [-0.1, -0.05) is 18.2 Å². The molecule has 0 aliphatic heterocycles. The van der Waals surface area contributed by atoms with Gasteiger partial charge in [-0.15, -0.1) is 0 Å². The molecule has 5 nitrogen and oxygen atoms in total. The summed E-state index contributed by atoms with van der Waals surface area (Å²) in [6.45, 7) is 3.83. The number of pyridine rings is 1. The molecule has 0 fully saturated rings. The summed E-state index contributed by atoms with van der Waals surface area (Å²) in [4.78, 5) is 16.1. The Kier molecular flexibility index (Phi) is 5.07. The van der Waals surface area contributed by atoms with Gasteiger partial charge in [0.1, 0.15) is 17.1 Å². The minimum atomic E-state index is -4.73. The molecule has 0 aliphatic rings. The average molecular weight is 377 g/mol. The van der Waals surface area contributed by atoms with Gasteiger partial charge in [-0.25, -0.2) is 4.98 Å². The molecule has 1 N–H and O–H groups in total. The molecule has 1 amide bonds. The van der Waals surface area contributed by atoms with E-state index in [4.69, 9.17) is 4.74 Å². The minimum Gasteiger partial charge on any atom is -0.491 e. The van der Waals surface area contributed by atoms with Crippen molar-refractivity contribution in [3.8, 4) is 5.75 Å². The third kappa shape index (κ3) is 4.21. The Hall–Kier alpha value is -3.03. The molecule has 1 aromatic carbocycles. The number of carbonyl (C=O) groups is 1. The first-order valence-corrected chi connectivity index (χ1v) is 8.34. The van der Waals surface area contributed by atoms with Crippen LogP contribution >= 0.6 is 0 Å². The van der Waals surface area contributed by atoms with Gasteiger partial charge in [0.25, 0.3) is 5.91 Å². The second-order valence-corrected chi connectivity index (χ2v) is 6.23. The largest absolute Gasteiger partial charge is 0.491 e. The van der Waals surface area contributed by atoms with E-state index >= 15 is 0 Å². The molecule has 0 unspecified atom stereocenters. The van der Waals surface area contributed by atoms with Crippen molar-refractivity contribution in [2.24, 2.45) is 0 Å². The lowest BCUT2D eigenvalue weighted by molar-refractivity contribution is -0.141. The van der Waals surface area contributed by atoms with E-state index in [1.165, 1.54) is 12.3 Å². The van der Waals surface area contributed by atoms with Crippen LogP contribution in [0.4, 0.5) is 13.2 Å². The molecule has 0 spiro atoms. The second kappa shape index (κ2) is 7.30. The smallest absolute Gasteiger partial charge is 0.435 e. The minimum absolute atomic E-state index is 0.0117. The third-order valence-electron chi connectivity index (χ3n) is 3.74. The molecule has 0 saturated carbocycles. The number of aromatic nitrogens is 2. The molecule has 0 radical (unpaired) electrons. The standard InChI is InChI=1S/C19H18F3N3O2/c1-12(2)27-14-7-5-6-13(10-14)11-23-18(26)16-17(19(20,21)22)24-15-8-3-4-9-25(15)16/h3-10,12H,11H2,1-2H3,(H,23,26). The van der Waals surface area contributed by atoms with Crippen LogP contribution in [0, 0.1) is 0 Å². The molecule has 0 aliphatic carbocycles. The molecular weight excluding hydrogens is 359 g/mol. The third-order valence-corrected chi connectivity index (χ3v) is 3.74. The van der Waals surface area contributed by atoms with Crippen molar-refractivity contribution < 1.29 is 22.7 Å². The van der Waals surface area contributed by atoms with Crippen LogP contribution in [0.25, 0.3) is 5.65 Å². The van der Waals surface area contributed by atoms with E-state index < -0.39 is 23.5 Å². The predicted octanol–water partition coefficient (Wildman–Crippen LogP) is 4.07. The zero-order valence-corrected chi connectivity index (χ0v) is 14.7. The number of rotatable bonds is 5. The lowest BCUT2D eigenvalue weighted by Gasteiger charge is -2.12.